The molecule has 4 fully saturated rings. The van der Waals surface area contributed by atoms with Crippen LogP contribution in [0.25, 0.3) is 32.6 Å². The number of imidazole rings is 1. The van der Waals surface area contributed by atoms with Crippen LogP contribution in [0.4, 0.5) is 15.3 Å². The van der Waals surface area contributed by atoms with Crippen molar-refractivity contribution in [1.82, 2.24) is 25.1 Å². The van der Waals surface area contributed by atoms with E-state index in [1.165, 1.54) is 24.5 Å². The Labute approximate surface area is 339 Å². The number of benzene rings is 4. The average molecular weight is 777 g/mol. The molecule has 58 heavy (non-hydrogen) atoms. The number of carbonyl (C=O) groups is 2. The molecular weight excluding hydrogens is 725 g/mol. The van der Waals surface area contributed by atoms with Gasteiger partial charge in [-0.15, -0.1) is 0 Å². The third kappa shape index (κ3) is 6.48. The minimum Gasteiger partial charge on any atom is -0.453 e. The van der Waals surface area contributed by atoms with Crippen LogP contribution < -0.4 is 5.32 Å². The van der Waals surface area contributed by atoms with E-state index >= 15 is 0 Å². The second-order valence-electron chi connectivity index (χ2n) is 18.7. The number of fused-ring (bicyclic) bond motifs is 8. The molecule has 8 atom stereocenters. The van der Waals surface area contributed by atoms with Gasteiger partial charge >= 0.3 is 12.2 Å². The molecule has 4 aromatic carbocycles. The molecule has 0 spiro atoms. The summed E-state index contributed by atoms with van der Waals surface area (Å²) >= 11 is 0. The van der Waals surface area contributed by atoms with Gasteiger partial charge in [0.25, 0.3) is 0 Å². The standard InChI is InChI=1S/C48H52N6O4/c1-25(2)43(52-46(55)57-7)26(3)53-39-20-32(39)23-42(53)45-50-37-17-13-30-19-28(11-15-34(30)44(37)51-45)9-8-27-10-14-33-29(18-27)12-16-36-35(33)24-38(49-36)41-22-31-21-40(31)54(41)47(56)58-48(4,5)6/h10-19,25-26,31-32,39-43H,20-24H2,1-7H3,(H,50,51)(H,52,55)/t26?,31-,32-,39-,40-,41+,42?,43+/m1/s1. The van der Waals surface area contributed by atoms with Gasteiger partial charge in [-0.05, 0) is 129 Å². The lowest BCUT2D eigenvalue weighted by molar-refractivity contribution is 0.0229. The summed E-state index contributed by atoms with van der Waals surface area (Å²) in [5.74, 6) is 9.31. The Morgan fingerprint density at radius 3 is 2.26 bits per heavy atom. The highest BCUT2D eigenvalue weighted by atomic mass is 16.6. The maximum atomic E-state index is 13.2. The number of hydrogen-bond donors (Lipinski definition) is 2. The maximum Gasteiger partial charge on any atom is 0.411 e. The van der Waals surface area contributed by atoms with E-state index in [9.17, 15) is 9.59 Å². The zero-order valence-electron chi connectivity index (χ0n) is 34.4. The molecule has 5 aliphatic rings. The lowest BCUT2D eigenvalue weighted by atomic mass is 9.95. The van der Waals surface area contributed by atoms with Crippen molar-refractivity contribution in [2.75, 3.05) is 7.11 Å². The molecule has 298 valence electrons. The van der Waals surface area contributed by atoms with Gasteiger partial charge in [0.15, 0.2) is 0 Å². The molecule has 4 heterocycles. The van der Waals surface area contributed by atoms with Crippen LogP contribution in [0, 0.1) is 29.6 Å². The van der Waals surface area contributed by atoms with Gasteiger partial charge in [-0.2, -0.15) is 0 Å². The van der Waals surface area contributed by atoms with Crippen LogP contribution in [0.1, 0.15) is 95.8 Å². The van der Waals surface area contributed by atoms with Crippen LogP contribution in [-0.4, -0.2) is 80.6 Å². The summed E-state index contributed by atoms with van der Waals surface area (Å²) in [6.45, 7) is 12.3. The van der Waals surface area contributed by atoms with Crippen molar-refractivity contribution in [1.29, 1.82) is 0 Å². The Balaban J connectivity index is 0.863. The fraction of sp³-hybridized carbons (Fsp3) is 0.458. The van der Waals surface area contributed by atoms with E-state index in [0.717, 1.165) is 81.2 Å². The fourth-order valence-corrected chi connectivity index (χ4v) is 10.4. The van der Waals surface area contributed by atoms with Crippen molar-refractivity contribution >= 4 is 56.2 Å². The largest absolute Gasteiger partial charge is 0.453 e. The van der Waals surface area contributed by atoms with Crippen molar-refractivity contribution in [3.8, 4) is 11.8 Å². The summed E-state index contributed by atoms with van der Waals surface area (Å²) < 4.78 is 10.8. The average Bonchev–Trinajstić information content (AvgIpc) is 3.83. The number of methoxy groups -OCH3 is 1. The summed E-state index contributed by atoms with van der Waals surface area (Å²) in [7, 11) is 1.42. The summed E-state index contributed by atoms with van der Waals surface area (Å²) in [5, 5.41) is 7.64. The molecule has 10 rings (SSSR count). The highest BCUT2D eigenvalue weighted by molar-refractivity contribution is 6.06. The number of amides is 2. The van der Waals surface area contributed by atoms with Crippen LogP contribution in [0.5, 0.6) is 0 Å². The van der Waals surface area contributed by atoms with E-state index in [-0.39, 0.29) is 48.3 Å². The van der Waals surface area contributed by atoms with Gasteiger partial charge in [0.05, 0.1) is 35.9 Å². The van der Waals surface area contributed by atoms with E-state index in [1.54, 1.807) is 0 Å². The lowest BCUT2D eigenvalue weighted by Gasteiger charge is -2.38. The molecule has 1 aromatic heterocycles. The number of alkyl carbamates (subject to hydrolysis) is 1. The van der Waals surface area contributed by atoms with E-state index in [4.69, 9.17) is 19.5 Å². The van der Waals surface area contributed by atoms with Crippen molar-refractivity contribution in [3.05, 3.63) is 83.2 Å². The van der Waals surface area contributed by atoms with Crippen LogP contribution >= 0.6 is 0 Å². The zero-order chi connectivity index (χ0) is 40.2. The van der Waals surface area contributed by atoms with Gasteiger partial charge < -0.3 is 19.8 Å². The molecule has 2 N–H and O–H groups in total. The molecular formula is C48H52N6O4. The number of H-pyrrole nitrogens is 1. The predicted octanol–water partition coefficient (Wildman–Crippen LogP) is 9.20. The summed E-state index contributed by atoms with van der Waals surface area (Å²) in [6.07, 6.45) is 4.44. The molecule has 2 aliphatic carbocycles. The van der Waals surface area contributed by atoms with Gasteiger partial charge in [-0.25, -0.2) is 14.6 Å². The first kappa shape index (κ1) is 36.9. The fourth-order valence-electron chi connectivity index (χ4n) is 10.4. The first-order chi connectivity index (χ1) is 27.8. The molecule has 0 radical (unpaired) electrons. The number of carbonyl (C=O) groups excluding carboxylic acids is 2. The minimum atomic E-state index is -0.526. The first-order valence-corrected chi connectivity index (χ1v) is 21.0. The van der Waals surface area contributed by atoms with Gasteiger partial charge in [0.2, 0.25) is 0 Å². The number of nitrogens with zero attached hydrogens (tertiary/aromatic N) is 4. The number of aliphatic imine (C=N–C) groups is 1. The van der Waals surface area contributed by atoms with Gasteiger partial charge in [-0.1, -0.05) is 50.0 Å². The van der Waals surface area contributed by atoms with E-state index in [2.05, 4.69) is 108 Å². The van der Waals surface area contributed by atoms with E-state index < -0.39 is 5.60 Å². The predicted molar refractivity (Wildman–Crippen MR) is 227 cm³/mol. The minimum absolute atomic E-state index is 0.00265. The lowest BCUT2D eigenvalue weighted by Crippen LogP contribution is -2.53. The van der Waals surface area contributed by atoms with Crippen molar-refractivity contribution in [2.24, 2.45) is 22.7 Å². The quantitative estimate of drug-likeness (QED) is 0.167. The number of rotatable bonds is 6. The van der Waals surface area contributed by atoms with E-state index in [1.807, 2.05) is 25.7 Å². The number of likely N-dealkylation sites (tertiary alicyclic amines) is 2. The molecule has 10 nitrogen and oxygen atoms in total. The molecule has 3 aliphatic heterocycles. The Hall–Kier alpha value is -5.40. The molecule has 2 saturated heterocycles. The number of aromatic nitrogens is 2. The van der Waals surface area contributed by atoms with Gasteiger partial charge in [0.1, 0.15) is 11.4 Å². The highest BCUT2D eigenvalue weighted by Gasteiger charge is 2.57. The number of ether oxygens (including phenoxy) is 2. The normalized spacial score (nSPS) is 25.5. The number of aromatic amines is 1. The smallest absolute Gasteiger partial charge is 0.411 e. The summed E-state index contributed by atoms with van der Waals surface area (Å²) in [4.78, 5) is 44.1. The third-order valence-electron chi connectivity index (χ3n) is 13.3. The van der Waals surface area contributed by atoms with Crippen molar-refractivity contribution in [3.63, 3.8) is 0 Å². The Morgan fingerprint density at radius 1 is 0.862 bits per heavy atom. The second-order valence-corrected chi connectivity index (χ2v) is 18.7. The number of nitrogens with one attached hydrogen (secondary N) is 2. The highest BCUT2D eigenvalue weighted by Crippen LogP contribution is 2.55. The van der Waals surface area contributed by atoms with Crippen LogP contribution in [0.15, 0.2) is 65.7 Å². The van der Waals surface area contributed by atoms with Crippen LogP contribution in [0.3, 0.4) is 0 Å². The maximum absolute atomic E-state index is 13.2. The molecule has 10 heteroatoms. The monoisotopic (exact) mass is 776 g/mol. The Morgan fingerprint density at radius 2 is 1.53 bits per heavy atom. The van der Waals surface area contributed by atoms with Gasteiger partial charge in [-0.3, -0.25) is 14.8 Å². The first-order valence-electron chi connectivity index (χ1n) is 21.0. The number of piperidine rings is 2. The Kier molecular flexibility index (Phi) is 8.65. The number of hydrogen-bond acceptors (Lipinski definition) is 7. The zero-order valence-corrected chi connectivity index (χ0v) is 34.4. The van der Waals surface area contributed by atoms with Crippen molar-refractivity contribution in [2.45, 2.75) is 115 Å². The Bertz CT molecular complexity index is 2610. The summed E-state index contributed by atoms with van der Waals surface area (Å²) in [6, 6.07) is 22.4. The van der Waals surface area contributed by atoms with Crippen LogP contribution in [-0.2, 0) is 15.9 Å². The van der Waals surface area contributed by atoms with Gasteiger partial charge in [0, 0.05) is 52.8 Å². The molecule has 0 bridgehead atoms. The topological polar surface area (TPSA) is 112 Å². The SMILES string of the molecule is COC(=O)N[C@@H](C(C)C)C(C)N1C(c2nc3c(ccc4cc(C#Cc5ccc6c7c(ccc6c5)N=C([C@@H]5C[C@H]6C[C@H]6N5C(=O)OC(C)(C)C)C7)ccc43)[nH]2)C[C@H]2C[C@H]21. The van der Waals surface area contributed by atoms with Crippen molar-refractivity contribution < 1.29 is 19.1 Å². The molecule has 2 amide bonds. The van der Waals surface area contributed by atoms with Crippen LogP contribution in [0.2, 0.25) is 0 Å². The molecule has 2 saturated carbocycles. The third-order valence-corrected chi connectivity index (χ3v) is 13.3. The van der Waals surface area contributed by atoms with E-state index in [0.29, 0.717) is 17.9 Å². The summed E-state index contributed by atoms with van der Waals surface area (Å²) in [5.41, 5.74) is 6.68. The molecule has 2 unspecified atom stereocenters. The second kappa shape index (κ2) is 13.6. The molecule has 5 aromatic rings.